The summed E-state index contributed by atoms with van der Waals surface area (Å²) in [6.07, 6.45) is 3.61. The molecule has 1 aliphatic heterocycles. The Kier molecular flexibility index (Phi) is 6.15. The number of aryl methyl sites for hydroxylation is 1. The Morgan fingerprint density at radius 2 is 2.04 bits per heavy atom. The lowest BCUT2D eigenvalue weighted by Gasteiger charge is -2.33. The first-order valence-corrected chi connectivity index (χ1v) is 10.9. The molecule has 0 aliphatic carbocycles. The molecule has 0 spiro atoms. The number of aromatic nitrogens is 1. The van der Waals surface area contributed by atoms with Gasteiger partial charge in [0.2, 0.25) is 0 Å². The van der Waals surface area contributed by atoms with E-state index in [0.29, 0.717) is 25.6 Å². The highest BCUT2D eigenvalue weighted by Crippen LogP contribution is 2.38. The molecule has 0 aromatic carbocycles. The number of nitrogens with zero attached hydrogens (tertiary/aromatic N) is 2. The SMILES string of the molecule is CCCc1cc(C2CCN(C(=O)OC(C)(C)C)CC2)nc2sc(CN)c(N)c12. The van der Waals surface area contributed by atoms with Gasteiger partial charge in [0.1, 0.15) is 10.4 Å². The van der Waals surface area contributed by atoms with Crippen LogP contribution in [0.2, 0.25) is 0 Å². The van der Waals surface area contributed by atoms with Crippen molar-refractivity contribution >= 4 is 33.3 Å². The Hall–Kier alpha value is -1.86. The summed E-state index contributed by atoms with van der Waals surface area (Å²) in [5, 5.41) is 1.09. The van der Waals surface area contributed by atoms with Crippen LogP contribution in [0.3, 0.4) is 0 Å². The Morgan fingerprint density at radius 3 is 2.61 bits per heavy atom. The standard InChI is InChI=1S/C21H32N4O2S/c1-5-6-14-11-15(24-19-17(14)18(23)16(12-22)28-19)13-7-9-25(10-8-13)20(26)27-21(2,3)4/h11,13H,5-10,12,22-23H2,1-4H3. The van der Waals surface area contributed by atoms with Gasteiger partial charge < -0.3 is 21.1 Å². The quantitative estimate of drug-likeness (QED) is 0.787. The summed E-state index contributed by atoms with van der Waals surface area (Å²) in [6, 6.07) is 2.23. The van der Waals surface area contributed by atoms with Crippen LogP contribution in [-0.4, -0.2) is 34.7 Å². The fourth-order valence-corrected chi connectivity index (χ4v) is 4.80. The fraction of sp³-hybridized carbons (Fsp3) is 0.619. The van der Waals surface area contributed by atoms with Crippen LogP contribution < -0.4 is 11.5 Å². The summed E-state index contributed by atoms with van der Waals surface area (Å²) in [4.78, 5) is 21.1. The Balaban J connectivity index is 1.80. The van der Waals surface area contributed by atoms with Crippen LogP contribution in [-0.2, 0) is 17.7 Å². The average molecular weight is 405 g/mol. The second-order valence-electron chi connectivity index (χ2n) is 8.52. The van der Waals surface area contributed by atoms with E-state index in [2.05, 4.69) is 13.0 Å². The van der Waals surface area contributed by atoms with E-state index in [0.717, 1.165) is 52.2 Å². The lowest BCUT2D eigenvalue weighted by Crippen LogP contribution is -2.41. The normalized spacial score (nSPS) is 16.0. The number of hydrogen-bond acceptors (Lipinski definition) is 6. The molecule has 0 saturated carbocycles. The van der Waals surface area contributed by atoms with Crippen molar-refractivity contribution in [1.29, 1.82) is 0 Å². The minimum absolute atomic E-state index is 0.223. The van der Waals surface area contributed by atoms with E-state index in [1.807, 2.05) is 25.7 Å². The summed E-state index contributed by atoms with van der Waals surface area (Å²) >= 11 is 1.61. The molecule has 4 N–H and O–H groups in total. The number of fused-ring (bicyclic) bond motifs is 1. The largest absolute Gasteiger partial charge is 0.444 e. The van der Waals surface area contributed by atoms with Gasteiger partial charge in [-0.15, -0.1) is 11.3 Å². The van der Waals surface area contributed by atoms with E-state index in [1.165, 1.54) is 5.56 Å². The molecular weight excluding hydrogens is 372 g/mol. The van der Waals surface area contributed by atoms with Gasteiger partial charge in [-0.3, -0.25) is 0 Å². The Morgan fingerprint density at radius 1 is 1.36 bits per heavy atom. The van der Waals surface area contributed by atoms with Crippen molar-refractivity contribution < 1.29 is 9.53 Å². The highest BCUT2D eigenvalue weighted by molar-refractivity contribution is 7.19. The third kappa shape index (κ3) is 4.41. The molecule has 6 nitrogen and oxygen atoms in total. The van der Waals surface area contributed by atoms with E-state index < -0.39 is 5.60 Å². The molecule has 0 unspecified atom stereocenters. The summed E-state index contributed by atoms with van der Waals surface area (Å²) < 4.78 is 5.50. The molecule has 3 rings (SSSR count). The van der Waals surface area contributed by atoms with Crippen LogP contribution in [0.4, 0.5) is 10.5 Å². The van der Waals surface area contributed by atoms with Crippen molar-refractivity contribution in [2.75, 3.05) is 18.8 Å². The first kappa shape index (κ1) is 20.9. The number of amides is 1. The number of hydrogen-bond donors (Lipinski definition) is 2. The maximum atomic E-state index is 12.3. The van der Waals surface area contributed by atoms with Gasteiger partial charge >= 0.3 is 6.09 Å². The minimum atomic E-state index is -0.463. The molecule has 0 bridgehead atoms. The van der Waals surface area contributed by atoms with Crippen molar-refractivity contribution in [1.82, 2.24) is 9.88 Å². The topological polar surface area (TPSA) is 94.5 Å². The second kappa shape index (κ2) is 8.25. The number of carbonyl (C=O) groups is 1. The third-order valence-corrected chi connectivity index (χ3v) is 6.27. The third-order valence-electron chi connectivity index (χ3n) is 5.15. The fourth-order valence-electron chi connectivity index (χ4n) is 3.78. The molecular formula is C21H32N4O2S. The van der Waals surface area contributed by atoms with Crippen LogP contribution in [0.1, 0.15) is 69.0 Å². The maximum Gasteiger partial charge on any atom is 0.410 e. The van der Waals surface area contributed by atoms with E-state index in [-0.39, 0.29) is 6.09 Å². The molecule has 7 heteroatoms. The van der Waals surface area contributed by atoms with Gasteiger partial charge in [-0.1, -0.05) is 13.3 Å². The number of ether oxygens (including phenoxy) is 1. The number of pyridine rings is 1. The molecule has 2 aromatic heterocycles. The molecule has 2 aromatic rings. The van der Waals surface area contributed by atoms with E-state index in [4.69, 9.17) is 21.2 Å². The first-order valence-electron chi connectivity index (χ1n) is 10.1. The number of nitrogen functional groups attached to an aromatic ring is 1. The predicted molar refractivity (Wildman–Crippen MR) is 116 cm³/mol. The van der Waals surface area contributed by atoms with Gasteiger partial charge in [0.15, 0.2) is 0 Å². The van der Waals surface area contributed by atoms with E-state index in [9.17, 15) is 4.79 Å². The number of rotatable bonds is 4. The van der Waals surface area contributed by atoms with Gasteiger partial charge in [0.05, 0.1) is 5.69 Å². The maximum absolute atomic E-state index is 12.3. The van der Waals surface area contributed by atoms with Crippen molar-refractivity contribution in [3.05, 3.63) is 22.2 Å². The number of likely N-dealkylation sites (tertiary alicyclic amines) is 1. The van der Waals surface area contributed by atoms with E-state index in [1.54, 1.807) is 11.3 Å². The number of anilines is 1. The number of nitrogens with two attached hydrogens (primary N) is 2. The molecule has 1 fully saturated rings. The van der Waals surface area contributed by atoms with Crippen molar-refractivity contribution in [3.63, 3.8) is 0 Å². The zero-order valence-corrected chi connectivity index (χ0v) is 18.2. The zero-order valence-electron chi connectivity index (χ0n) is 17.4. The molecule has 0 atom stereocenters. The molecule has 0 radical (unpaired) electrons. The van der Waals surface area contributed by atoms with Crippen LogP contribution in [0.5, 0.6) is 0 Å². The molecule has 1 aliphatic rings. The summed E-state index contributed by atoms with van der Waals surface area (Å²) in [5.74, 6) is 0.350. The van der Waals surface area contributed by atoms with Gasteiger partial charge in [-0.05, 0) is 51.7 Å². The highest BCUT2D eigenvalue weighted by Gasteiger charge is 2.28. The monoisotopic (exact) mass is 404 g/mol. The van der Waals surface area contributed by atoms with Gasteiger partial charge in [-0.25, -0.2) is 9.78 Å². The van der Waals surface area contributed by atoms with Gasteiger partial charge in [0, 0.05) is 41.5 Å². The summed E-state index contributed by atoms with van der Waals surface area (Å²) in [6.45, 7) is 9.71. The van der Waals surface area contributed by atoms with Crippen LogP contribution in [0, 0.1) is 0 Å². The average Bonchev–Trinajstić information content (AvgIpc) is 2.97. The van der Waals surface area contributed by atoms with Crippen LogP contribution in [0.25, 0.3) is 10.2 Å². The van der Waals surface area contributed by atoms with Gasteiger partial charge in [0.25, 0.3) is 0 Å². The predicted octanol–water partition coefficient (Wildman–Crippen LogP) is 4.40. The second-order valence-corrected chi connectivity index (χ2v) is 9.60. The van der Waals surface area contributed by atoms with Crippen molar-refractivity contribution in [2.45, 2.75) is 71.4 Å². The molecule has 3 heterocycles. The molecule has 1 saturated heterocycles. The smallest absolute Gasteiger partial charge is 0.410 e. The minimum Gasteiger partial charge on any atom is -0.444 e. The Bertz CT molecular complexity index is 848. The first-order chi connectivity index (χ1) is 13.2. The van der Waals surface area contributed by atoms with Crippen LogP contribution in [0.15, 0.2) is 6.07 Å². The summed E-state index contributed by atoms with van der Waals surface area (Å²) in [5.41, 5.74) is 14.9. The van der Waals surface area contributed by atoms with Crippen molar-refractivity contribution in [2.24, 2.45) is 5.73 Å². The lowest BCUT2D eigenvalue weighted by atomic mass is 9.91. The van der Waals surface area contributed by atoms with Gasteiger partial charge in [-0.2, -0.15) is 0 Å². The molecule has 28 heavy (non-hydrogen) atoms. The Labute approximate surface area is 171 Å². The number of piperidine rings is 1. The zero-order chi connectivity index (χ0) is 20.5. The highest BCUT2D eigenvalue weighted by atomic mass is 32.1. The molecule has 154 valence electrons. The molecule has 1 amide bonds. The number of carbonyl (C=O) groups excluding carboxylic acids is 1. The van der Waals surface area contributed by atoms with Crippen LogP contribution >= 0.6 is 11.3 Å². The number of thiophene rings is 1. The lowest BCUT2D eigenvalue weighted by molar-refractivity contribution is 0.0204. The van der Waals surface area contributed by atoms with E-state index >= 15 is 0 Å². The summed E-state index contributed by atoms with van der Waals surface area (Å²) in [7, 11) is 0. The van der Waals surface area contributed by atoms with Crippen molar-refractivity contribution in [3.8, 4) is 0 Å².